The third kappa shape index (κ3) is 3.18. The number of H-pyrrole nitrogens is 1. The second kappa shape index (κ2) is 6.98. The van der Waals surface area contributed by atoms with Crippen molar-refractivity contribution in [3.05, 3.63) is 87.0 Å². The zero-order valence-corrected chi connectivity index (χ0v) is 15.4. The van der Waals surface area contributed by atoms with Crippen molar-refractivity contribution in [1.29, 1.82) is 0 Å². The lowest BCUT2D eigenvalue weighted by molar-refractivity contribution is 0.630. The standard InChI is InChI=1S/C21H16ClFN4O/c22-16-9-12(10-18(24)20(16)25)15-7-11(5-6-17(15)23)8-19-13-3-1-2-4-14(13)21(28)27-26-19/h1-7,9-10H,8,24-25H2,(H,27,28). The maximum absolute atomic E-state index is 14.5. The first-order valence-electron chi connectivity index (χ1n) is 8.53. The van der Waals surface area contributed by atoms with E-state index in [-0.39, 0.29) is 16.3 Å². The van der Waals surface area contributed by atoms with E-state index in [1.165, 1.54) is 6.07 Å². The van der Waals surface area contributed by atoms with Crippen LogP contribution in [0, 0.1) is 5.82 Å². The van der Waals surface area contributed by atoms with Gasteiger partial charge in [0.05, 0.1) is 27.5 Å². The number of aromatic nitrogens is 2. The van der Waals surface area contributed by atoms with Crippen molar-refractivity contribution in [2.75, 3.05) is 11.5 Å². The topological polar surface area (TPSA) is 97.8 Å². The minimum atomic E-state index is -0.400. The zero-order valence-electron chi connectivity index (χ0n) is 14.7. The van der Waals surface area contributed by atoms with Gasteiger partial charge in [-0.25, -0.2) is 9.49 Å². The van der Waals surface area contributed by atoms with E-state index >= 15 is 0 Å². The van der Waals surface area contributed by atoms with Gasteiger partial charge in [-0.1, -0.05) is 35.9 Å². The van der Waals surface area contributed by atoms with E-state index in [0.717, 1.165) is 10.9 Å². The second-order valence-electron chi connectivity index (χ2n) is 6.50. The molecule has 7 heteroatoms. The highest BCUT2D eigenvalue weighted by atomic mass is 35.5. The molecule has 28 heavy (non-hydrogen) atoms. The molecule has 0 saturated carbocycles. The van der Waals surface area contributed by atoms with Gasteiger partial charge in [-0.15, -0.1) is 0 Å². The Morgan fingerprint density at radius 1 is 1.04 bits per heavy atom. The van der Waals surface area contributed by atoms with Crippen LogP contribution in [0.1, 0.15) is 11.3 Å². The molecule has 0 saturated heterocycles. The summed E-state index contributed by atoms with van der Waals surface area (Å²) < 4.78 is 14.5. The van der Waals surface area contributed by atoms with Gasteiger partial charge in [-0.2, -0.15) is 5.10 Å². The molecular weight excluding hydrogens is 379 g/mol. The molecule has 140 valence electrons. The first kappa shape index (κ1) is 18.0. The number of halogens is 2. The SMILES string of the molecule is Nc1cc(-c2cc(Cc3n[nH]c(=O)c4ccccc34)ccc2F)cc(Cl)c1N. The van der Waals surface area contributed by atoms with E-state index in [1.807, 2.05) is 12.1 Å². The normalized spacial score (nSPS) is 11.1. The minimum Gasteiger partial charge on any atom is -0.397 e. The first-order chi connectivity index (χ1) is 13.4. The molecule has 3 aromatic carbocycles. The summed E-state index contributed by atoms with van der Waals surface area (Å²) in [6.07, 6.45) is 0.419. The van der Waals surface area contributed by atoms with Gasteiger partial charge < -0.3 is 11.5 Å². The molecular formula is C21H16ClFN4O. The number of nitrogens with zero attached hydrogens (tertiary/aromatic N) is 1. The molecule has 5 nitrogen and oxygen atoms in total. The van der Waals surface area contributed by atoms with Gasteiger partial charge in [-0.05, 0) is 41.5 Å². The third-order valence-electron chi connectivity index (χ3n) is 4.65. The molecule has 1 heterocycles. The van der Waals surface area contributed by atoms with E-state index < -0.39 is 5.82 Å². The number of nitrogens with one attached hydrogen (secondary N) is 1. The number of rotatable bonds is 3. The van der Waals surface area contributed by atoms with Gasteiger partial charge in [0.15, 0.2) is 0 Å². The average Bonchev–Trinajstić information content (AvgIpc) is 2.69. The quantitative estimate of drug-likeness (QED) is 0.455. The van der Waals surface area contributed by atoms with Crippen LogP contribution in [0.4, 0.5) is 15.8 Å². The number of anilines is 2. The van der Waals surface area contributed by atoms with Crippen LogP contribution in [0.15, 0.2) is 59.4 Å². The fraction of sp³-hybridized carbons (Fsp3) is 0.0476. The van der Waals surface area contributed by atoms with Gasteiger partial charge in [0, 0.05) is 17.4 Å². The summed E-state index contributed by atoms with van der Waals surface area (Å²) in [5.41, 5.74) is 14.4. The molecule has 0 spiro atoms. The van der Waals surface area contributed by atoms with Crippen molar-refractivity contribution in [3.63, 3.8) is 0 Å². The Morgan fingerprint density at radius 3 is 2.54 bits per heavy atom. The van der Waals surface area contributed by atoms with Crippen LogP contribution < -0.4 is 17.0 Å². The summed E-state index contributed by atoms with van der Waals surface area (Å²) in [6, 6.07) is 15.2. The molecule has 0 atom stereocenters. The van der Waals surface area contributed by atoms with Crippen LogP contribution in [0.5, 0.6) is 0 Å². The molecule has 0 fully saturated rings. The molecule has 4 aromatic rings. The number of hydrogen-bond donors (Lipinski definition) is 3. The monoisotopic (exact) mass is 394 g/mol. The van der Waals surface area contributed by atoms with Crippen LogP contribution in [0.2, 0.25) is 5.02 Å². The molecule has 0 aliphatic heterocycles. The second-order valence-corrected chi connectivity index (χ2v) is 6.90. The Hall–Kier alpha value is -3.38. The highest BCUT2D eigenvalue weighted by Gasteiger charge is 2.13. The molecule has 0 unspecified atom stereocenters. The maximum atomic E-state index is 14.5. The summed E-state index contributed by atoms with van der Waals surface area (Å²) in [7, 11) is 0. The van der Waals surface area contributed by atoms with Gasteiger partial charge in [-0.3, -0.25) is 4.79 Å². The molecule has 0 aliphatic rings. The first-order valence-corrected chi connectivity index (χ1v) is 8.91. The summed E-state index contributed by atoms with van der Waals surface area (Å²) in [5.74, 6) is -0.400. The zero-order chi connectivity index (χ0) is 19.8. The molecule has 0 bridgehead atoms. The molecule has 0 radical (unpaired) electrons. The van der Waals surface area contributed by atoms with Crippen LogP contribution >= 0.6 is 11.6 Å². The summed E-state index contributed by atoms with van der Waals surface area (Å²) in [4.78, 5) is 12.0. The van der Waals surface area contributed by atoms with Crippen LogP contribution in [-0.4, -0.2) is 10.2 Å². The Morgan fingerprint density at radius 2 is 1.79 bits per heavy atom. The minimum absolute atomic E-state index is 0.244. The molecule has 0 aliphatic carbocycles. The van der Waals surface area contributed by atoms with E-state index in [1.54, 1.807) is 36.4 Å². The van der Waals surface area contributed by atoms with Crippen molar-refractivity contribution in [1.82, 2.24) is 10.2 Å². The number of hydrogen-bond acceptors (Lipinski definition) is 4. The molecule has 5 N–H and O–H groups in total. The van der Waals surface area contributed by atoms with E-state index in [9.17, 15) is 9.18 Å². The van der Waals surface area contributed by atoms with E-state index in [0.29, 0.717) is 34.3 Å². The molecule has 1 aromatic heterocycles. The van der Waals surface area contributed by atoms with Crippen molar-refractivity contribution in [2.24, 2.45) is 0 Å². The lowest BCUT2D eigenvalue weighted by Crippen LogP contribution is -2.11. The fourth-order valence-corrected chi connectivity index (χ4v) is 3.42. The average molecular weight is 395 g/mol. The fourth-order valence-electron chi connectivity index (χ4n) is 3.20. The Balaban J connectivity index is 1.79. The summed E-state index contributed by atoms with van der Waals surface area (Å²) >= 11 is 6.10. The predicted octanol–water partition coefficient (Wildman–Crippen LogP) is 4.14. The highest BCUT2D eigenvalue weighted by Crippen LogP contribution is 2.34. The third-order valence-corrected chi connectivity index (χ3v) is 4.96. The number of fused-ring (bicyclic) bond motifs is 1. The van der Waals surface area contributed by atoms with E-state index in [4.69, 9.17) is 23.1 Å². The Labute approximate surface area is 164 Å². The van der Waals surface area contributed by atoms with Gasteiger partial charge >= 0.3 is 0 Å². The smallest absolute Gasteiger partial charge is 0.272 e. The van der Waals surface area contributed by atoms with Crippen molar-refractivity contribution in [3.8, 4) is 11.1 Å². The maximum Gasteiger partial charge on any atom is 0.272 e. The highest BCUT2D eigenvalue weighted by molar-refractivity contribution is 6.34. The van der Waals surface area contributed by atoms with Crippen LogP contribution in [0.25, 0.3) is 21.9 Å². The van der Waals surface area contributed by atoms with Crippen LogP contribution in [0.3, 0.4) is 0 Å². The Kier molecular flexibility index (Phi) is 4.49. The van der Waals surface area contributed by atoms with Gasteiger partial charge in [0.25, 0.3) is 5.56 Å². The molecule has 4 rings (SSSR count). The number of benzene rings is 3. The van der Waals surface area contributed by atoms with Crippen LogP contribution in [-0.2, 0) is 6.42 Å². The molecule has 0 amide bonds. The van der Waals surface area contributed by atoms with E-state index in [2.05, 4.69) is 10.2 Å². The number of nitrogens with two attached hydrogens (primary N) is 2. The lowest BCUT2D eigenvalue weighted by atomic mass is 9.98. The van der Waals surface area contributed by atoms with Gasteiger partial charge in [0.1, 0.15) is 5.82 Å². The van der Waals surface area contributed by atoms with Crippen molar-refractivity contribution >= 4 is 33.7 Å². The lowest BCUT2D eigenvalue weighted by Gasteiger charge is -2.11. The van der Waals surface area contributed by atoms with Gasteiger partial charge in [0.2, 0.25) is 0 Å². The summed E-state index contributed by atoms with van der Waals surface area (Å²) in [6.45, 7) is 0. The summed E-state index contributed by atoms with van der Waals surface area (Å²) in [5, 5.41) is 8.29. The van der Waals surface area contributed by atoms with Crippen molar-refractivity contribution < 1.29 is 4.39 Å². The predicted molar refractivity (Wildman–Crippen MR) is 111 cm³/mol. The largest absolute Gasteiger partial charge is 0.397 e. The Bertz CT molecular complexity index is 1250. The van der Waals surface area contributed by atoms with Crippen molar-refractivity contribution in [2.45, 2.75) is 6.42 Å². The number of aromatic amines is 1. The number of nitrogen functional groups attached to an aromatic ring is 2.